The molecule has 0 radical (unpaired) electrons. The van der Waals surface area contributed by atoms with Gasteiger partial charge in [0.15, 0.2) is 5.82 Å². The first kappa shape index (κ1) is 12.0. The summed E-state index contributed by atoms with van der Waals surface area (Å²) in [7, 11) is 0. The third-order valence-corrected chi connectivity index (χ3v) is 3.13. The highest BCUT2D eigenvalue weighted by Gasteiger charge is 2.23. The van der Waals surface area contributed by atoms with Crippen molar-refractivity contribution in [2.45, 2.75) is 6.10 Å². The molecule has 1 aliphatic heterocycles. The average molecular weight is 259 g/mol. The maximum absolute atomic E-state index is 12.8. The van der Waals surface area contributed by atoms with E-state index in [1.807, 2.05) is 35.2 Å². The number of nitrogens with zero attached hydrogens (tertiary/aromatic N) is 3. The number of hydrogen-bond donors (Lipinski definition) is 0. The maximum Gasteiger partial charge on any atom is 0.225 e. The fourth-order valence-corrected chi connectivity index (χ4v) is 2.17. The predicted octanol–water partition coefficient (Wildman–Crippen LogP) is 2.19. The number of rotatable bonds is 2. The number of halogens is 1. The van der Waals surface area contributed by atoms with Gasteiger partial charge in [0, 0.05) is 6.54 Å². The number of aromatic nitrogens is 2. The normalized spacial score (nSPS) is 19.4. The molecular weight excluding hydrogens is 245 g/mol. The molecule has 0 N–H and O–H groups in total. The fourth-order valence-electron chi connectivity index (χ4n) is 2.17. The SMILES string of the molecule is Fc1cnc(N2CCOC(c3ccccc3)C2)nc1. The Labute approximate surface area is 110 Å². The van der Waals surface area contributed by atoms with Gasteiger partial charge in [0.2, 0.25) is 5.95 Å². The van der Waals surface area contributed by atoms with Gasteiger partial charge < -0.3 is 9.64 Å². The molecule has 0 bridgehead atoms. The van der Waals surface area contributed by atoms with Crippen molar-refractivity contribution in [3.05, 3.63) is 54.1 Å². The molecule has 1 aromatic carbocycles. The van der Waals surface area contributed by atoms with E-state index in [2.05, 4.69) is 9.97 Å². The molecule has 1 aliphatic rings. The second-order valence-electron chi connectivity index (χ2n) is 4.42. The lowest BCUT2D eigenvalue weighted by Gasteiger charge is -2.33. The lowest BCUT2D eigenvalue weighted by Crippen LogP contribution is -2.39. The summed E-state index contributed by atoms with van der Waals surface area (Å²) in [4.78, 5) is 10.0. The highest BCUT2D eigenvalue weighted by atomic mass is 19.1. The van der Waals surface area contributed by atoms with E-state index in [0.29, 0.717) is 19.1 Å². The van der Waals surface area contributed by atoms with Crippen molar-refractivity contribution in [3.63, 3.8) is 0 Å². The number of benzene rings is 1. The minimum absolute atomic E-state index is 0.00334. The van der Waals surface area contributed by atoms with Crippen LogP contribution in [0, 0.1) is 5.82 Å². The van der Waals surface area contributed by atoms with Crippen LogP contribution in [-0.2, 0) is 4.74 Å². The summed E-state index contributed by atoms with van der Waals surface area (Å²) in [6, 6.07) is 10.0. The van der Waals surface area contributed by atoms with Gasteiger partial charge in [-0.3, -0.25) is 0 Å². The van der Waals surface area contributed by atoms with Crippen molar-refractivity contribution < 1.29 is 9.13 Å². The molecule has 98 valence electrons. The van der Waals surface area contributed by atoms with Crippen LogP contribution in [-0.4, -0.2) is 29.7 Å². The monoisotopic (exact) mass is 259 g/mol. The summed E-state index contributed by atoms with van der Waals surface area (Å²) in [5.41, 5.74) is 1.13. The number of hydrogen-bond acceptors (Lipinski definition) is 4. The lowest BCUT2D eigenvalue weighted by molar-refractivity contribution is 0.0392. The van der Waals surface area contributed by atoms with Gasteiger partial charge in [-0.15, -0.1) is 0 Å². The van der Waals surface area contributed by atoms with Crippen LogP contribution in [0.4, 0.5) is 10.3 Å². The third kappa shape index (κ3) is 2.71. The van der Waals surface area contributed by atoms with Crippen LogP contribution in [0.2, 0.25) is 0 Å². The second kappa shape index (κ2) is 5.32. The summed E-state index contributed by atoms with van der Waals surface area (Å²) in [6.45, 7) is 2.00. The first-order chi connectivity index (χ1) is 9.33. The van der Waals surface area contributed by atoms with Gasteiger partial charge in [0.25, 0.3) is 0 Å². The molecule has 19 heavy (non-hydrogen) atoms. The Kier molecular flexibility index (Phi) is 3.37. The van der Waals surface area contributed by atoms with Gasteiger partial charge in [-0.05, 0) is 5.56 Å². The predicted molar refractivity (Wildman–Crippen MR) is 69.3 cm³/mol. The summed E-state index contributed by atoms with van der Waals surface area (Å²) in [5, 5.41) is 0. The molecule has 4 nitrogen and oxygen atoms in total. The molecule has 0 saturated carbocycles. The third-order valence-electron chi connectivity index (χ3n) is 3.13. The Morgan fingerprint density at radius 1 is 1.16 bits per heavy atom. The maximum atomic E-state index is 12.8. The first-order valence-electron chi connectivity index (χ1n) is 6.22. The van der Waals surface area contributed by atoms with Crippen LogP contribution in [0.3, 0.4) is 0 Å². The van der Waals surface area contributed by atoms with Crippen molar-refractivity contribution in [2.24, 2.45) is 0 Å². The zero-order valence-corrected chi connectivity index (χ0v) is 10.4. The Bertz CT molecular complexity index is 532. The molecule has 0 aliphatic carbocycles. The molecule has 1 unspecified atom stereocenters. The van der Waals surface area contributed by atoms with Crippen LogP contribution in [0.15, 0.2) is 42.7 Å². The molecule has 2 aromatic rings. The van der Waals surface area contributed by atoms with E-state index in [4.69, 9.17) is 4.74 Å². The van der Waals surface area contributed by atoms with E-state index in [1.54, 1.807) is 0 Å². The van der Waals surface area contributed by atoms with Crippen LogP contribution < -0.4 is 4.90 Å². The smallest absolute Gasteiger partial charge is 0.225 e. The molecule has 5 heteroatoms. The zero-order chi connectivity index (χ0) is 13.1. The quantitative estimate of drug-likeness (QED) is 0.828. The minimum Gasteiger partial charge on any atom is -0.370 e. The Morgan fingerprint density at radius 2 is 1.89 bits per heavy atom. The van der Waals surface area contributed by atoms with Gasteiger partial charge >= 0.3 is 0 Å². The van der Waals surface area contributed by atoms with Crippen LogP contribution in [0.25, 0.3) is 0 Å². The number of ether oxygens (including phenoxy) is 1. The summed E-state index contributed by atoms with van der Waals surface area (Å²) in [6.07, 6.45) is 2.38. The van der Waals surface area contributed by atoms with Gasteiger partial charge in [0.05, 0.1) is 25.5 Å². The van der Waals surface area contributed by atoms with Crippen molar-refractivity contribution in [1.29, 1.82) is 0 Å². The van der Waals surface area contributed by atoms with E-state index in [0.717, 1.165) is 12.1 Å². The largest absolute Gasteiger partial charge is 0.370 e. The van der Waals surface area contributed by atoms with Crippen molar-refractivity contribution in [3.8, 4) is 0 Å². The molecule has 1 atom stereocenters. The van der Waals surface area contributed by atoms with E-state index < -0.39 is 5.82 Å². The highest BCUT2D eigenvalue weighted by molar-refractivity contribution is 5.31. The van der Waals surface area contributed by atoms with Crippen molar-refractivity contribution in [2.75, 3.05) is 24.6 Å². The van der Waals surface area contributed by atoms with Crippen LogP contribution >= 0.6 is 0 Å². The summed E-state index contributed by atoms with van der Waals surface area (Å²) < 4.78 is 18.6. The second-order valence-corrected chi connectivity index (χ2v) is 4.42. The number of morpholine rings is 1. The molecule has 0 amide bonds. The molecular formula is C14H14FN3O. The van der Waals surface area contributed by atoms with E-state index in [1.165, 1.54) is 12.4 Å². The molecule has 3 rings (SSSR count). The van der Waals surface area contributed by atoms with E-state index >= 15 is 0 Å². The summed E-state index contributed by atoms with van der Waals surface area (Å²) in [5.74, 6) is 0.127. The van der Waals surface area contributed by atoms with Crippen LogP contribution in [0.1, 0.15) is 11.7 Å². The van der Waals surface area contributed by atoms with Gasteiger partial charge in [-0.25, -0.2) is 14.4 Å². The van der Waals surface area contributed by atoms with Gasteiger partial charge in [-0.2, -0.15) is 0 Å². The topological polar surface area (TPSA) is 38.2 Å². The first-order valence-corrected chi connectivity index (χ1v) is 6.22. The Hall–Kier alpha value is -2.01. The van der Waals surface area contributed by atoms with E-state index in [-0.39, 0.29) is 6.10 Å². The van der Waals surface area contributed by atoms with E-state index in [9.17, 15) is 4.39 Å². The standard InChI is InChI=1S/C14H14FN3O/c15-12-8-16-14(17-9-12)18-6-7-19-13(10-18)11-4-2-1-3-5-11/h1-5,8-9,13H,6-7,10H2. The van der Waals surface area contributed by atoms with Crippen LogP contribution in [0.5, 0.6) is 0 Å². The Balaban J connectivity index is 1.76. The van der Waals surface area contributed by atoms with Crippen molar-refractivity contribution in [1.82, 2.24) is 9.97 Å². The van der Waals surface area contributed by atoms with Gasteiger partial charge in [-0.1, -0.05) is 30.3 Å². The molecule has 0 spiro atoms. The molecule has 1 aromatic heterocycles. The summed E-state index contributed by atoms with van der Waals surface area (Å²) >= 11 is 0. The van der Waals surface area contributed by atoms with Crippen molar-refractivity contribution >= 4 is 5.95 Å². The lowest BCUT2D eigenvalue weighted by atomic mass is 10.1. The minimum atomic E-state index is -0.420. The molecule has 1 fully saturated rings. The Morgan fingerprint density at radius 3 is 2.63 bits per heavy atom. The zero-order valence-electron chi connectivity index (χ0n) is 10.4. The average Bonchev–Trinajstić information content (AvgIpc) is 2.49. The fraction of sp³-hybridized carbons (Fsp3) is 0.286. The molecule has 1 saturated heterocycles. The van der Waals surface area contributed by atoms with Gasteiger partial charge in [0.1, 0.15) is 6.10 Å². The molecule has 2 heterocycles. The highest BCUT2D eigenvalue weighted by Crippen LogP contribution is 2.23. The number of anilines is 1.